The average Bonchev–Trinajstić information content (AvgIpc) is 3.29. The number of hydrogen-bond acceptors (Lipinski definition) is 8. The van der Waals surface area contributed by atoms with Crippen molar-refractivity contribution < 1.29 is 28.9 Å². The molecule has 2 aliphatic heterocycles. The number of ether oxygens (including phenoxy) is 3. The maximum Gasteiger partial charge on any atom is 0.420 e. The van der Waals surface area contributed by atoms with Crippen molar-refractivity contribution in [3.63, 3.8) is 0 Å². The van der Waals surface area contributed by atoms with E-state index in [4.69, 9.17) is 14.2 Å². The van der Waals surface area contributed by atoms with Crippen LogP contribution in [0.25, 0.3) is 10.9 Å². The van der Waals surface area contributed by atoms with Gasteiger partial charge in [0, 0.05) is 56.0 Å². The molecule has 3 heterocycles. The highest BCUT2D eigenvalue weighted by Gasteiger charge is 2.29. The average molecular weight is 527 g/mol. The fourth-order valence-electron chi connectivity index (χ4n) is 4.88. The van der Waals surface area contributed by atoms with Crippen molar-refractivity contribution in [2.24, 2.45) is 5.92 Å². The Morgan fingerprint density at radius 2 is 1.97 bits per heavy atom. The van der Waals surface area contributed by atoms with Crippen LogP contribution in [-0.4, -0.2) is 97.3 Å². The number of rotatable bonds is 9. The number of benzene rings is 1. The number of fused-ring (bicyclic) bond motifs is 1. The molecule has 1 fully saturated rings. The molecule has 1 aromatic heterocycles. The lowest BCUT2D eigenvalue weighted by Gasteiger charge is -2.34. The first-order valence-corrected chi connectivity index (χ1v) is 12.9. The van der Waals surface area contributed by atoms with Crippen molar-refractivity contribution in [3.8, 4) is 5.75 Å². The van der Waals surface area contributed by atoms with E-state index in [0.29, 0.717) is 38.1 Å². The molecule has 0 spiro atoms. The molecule has 1 N–H and O–H groups in total. The molecular weight excluding hydrogens is 488 g/mol. The first-order valence-electron chi connectivity index (χ1n) is 12.9. The Bertz CT molecular complexity index is 1200. The van der Waals surface area contributed by atoms with Crippen LogP contribution < -0.4 is 4.74 Å². The normalized spacial score (nSPS) is 17.2. The van der Waals surface area contributed by atoms with Gasteiger partial charge in [-0.1, -0.05) is 6.08 Å². The van der Waals surface area contributed by atoms with Crippen LogP contribution in [0, 0.1) is 5.92 Å². The van der Waals surface area contributed by atoms with E-state index in [1.54, 1.807) is 19.4 Å². The highest BCUT2D eigenvalue weighted by Crippen LogP contribution is 2.27. The summed E-state index contributed by atoms with van der Waals surface area (Å²) in [6.07, 6.45) is 8.50. The summed E-state index contributed by atoms with van der Waals surface area (Å²) < 4.78 is 17.7. The van der Waals surface area contributed by atoms with Gasteiger partial charge in [0.1, 0.15) is 5.75 Å². The molecule has 1 saturated heterocycles. The molecule has 1 amide bonds. The number of allylic oxidation sites excluding steroid dienone is 1. The Kier molecular flexibility index (Phi) is 9.09. The van der Waals surface area contributed by atoms with Gasteiger partial charge in [-0.2, -0.15) is 0 Å². The zero-order valence-electron chi connectivity index (χ0n) is 22.6. The molecule has 1 unspecified atom stereocenters. The molecule has 2 aromatic rings. The van der Waals surface area contributed by atoms with E-state index < -0.39 is 12.4 Å². The van der Waals surface area contributed by atoms with Gasteiger partial charge in [-0.3, -0.25) is 9.36 Å². The molecule has 0 bridgehead atoms. The summed E-state index contributed by atoms with van der Waals surface area (Å²) in [5.74, 6) is 0.609. The first-order chi connectivity index (χ1) is 18.3. The van der Waals surface area contributed by atoms with Crippen molar-refractivity contribution in [1.82, 2.24) is 19.3 Å². The largest absolute Gasteiger partial charge is 0.497 e. The van der Waals surface area contributed by atoms with Crippen LogP contribution in [0.4, 0.5) is 4.79 Å². The molecule has 0 radical (unpaired) electrons. The molecule has 10 heteroatoms. The number of amides is 1. The zero-order valence-corrected chi connectivity index (χ0v) is 22.6. The molecule has 1 aromatic carbocycles. The fraction of sp³-hybridized carbons (Fsp3) is 0.500. The van der Waals surface area contributed by atoms with Crippen LogP contribution in [0.15, 0.2) is 48.4 Å². The molecule has 4 rings (SSSR count). The van der Waals surface area contributed by atoms with E-state index >= 15 is 0 Å². The maximum atomic E-state index is 12.9. The van der Waals surface area contributed by atoms with Gasteiger partial charge >= 0.3 is 6.09 Å². The van der Waals surface area contributed by atoms with Gasteiger partial charge in [0.15, 0.2) is 13.1 Å². The predicted molar refractivity (Wildman–Crippen MR) is 143 cm³/mol. The van der Waals surface area contributed by atoms with E-state index in [-0.39, 0.29) is 18.6 Å². The lowest BCUT2D eigenvalue weighted by atomic mass is 9.95. The Labute approximate surface area is 223 Å². The van der Waals surface area contributed by atoms with Crippen molar-refractivity contribution in [3.05, 3.63) is 54.0 Å². The first kappa shape index (κ1) is 27.7. The second-order valence-electron chi connectivity index (χ2n) is 10.1. The molecular formula is C28H38N4O6. The molecule has 10 nitrogen and oxygen atoms in total. The number of nitrogens with zero attached hydrogens (tertiary/aromatic N) is 4. The van der Waals surface area contributed by atoms with Gasteiger partial charge in [-0.25, -0.2) is 4.79 Å². The standard InChI is InChI=1S/C28H38N4O6/c1-29(2)13-9-21-18-32(25-8-7-23(36-4)16-24(21)25)28(35)38-19-37-27(34)20-10-14-31(15-11-20)26(33)22-6-5-12-30(3)17-22/h5,7-8,12,16-18,20,27,34H,6,9-11,13-15,19H2,1-4H3. The summed E-state index contributed by atoms with van der Waals surface area (Å²) in [6.45, 7) is 1.55. The van der Waals surface area contributed by atoms with E-state index in [1.165, 1.54) is 4.57 Å². The lowest BCUT2D eigenvalue weighted by molar-refractivity contribution is -0.184. The molecule has 1 atom stereocenters. The maximum absolute atomic E-state index is 12.9. The number of likely N-dealkylation sites (tertiary alicyclic amines) is 1. The van der Waals surface area contributed by atoms with Crippen LogP contribution in [0.2, 0.25) is 0 Å². The minimum Gasteiger partial charge on any atom is -0.497 e. The Balaban J connectivity index is 1.29. The number of aliphatic hydroxyl groups is 1. The van der Waals surface area contributed by atoms with Crippen molar-refractivity contribution in [1.29, 1.82) is 0 Å². The second kappa shape index (κ2) is 12.5. The van der Waals surface area contributed by atoms with E-state index in [9.17, 15) is 14.7 Å². The second-order valence-corrected chi connectivity index (χ2v) is 10.1. The smallest absolute Gasteiger partial charge is 0.420 e. The number of carbonyl (C=O) groups excluding carboxylic acids is 2. The van der Waals surface area contributed by atoms with Gasteiger partial charge in [0.25, 0.3) is 5.91 Å². The van der Waals surface area contributed by atoms with Crippen molar-refractivity contribution in [2.75, 3.05) is 54.7 Å². The Morgan fingerprint density at radius 3 is 2.66 bits per heavy atom. The van der Waals surface area contributed by atoms with Crippen LogP contribution in [0.5, 0.6) is 5.75 Å². The minimum absolute atomic E-state index is 0.0329. The predicted octanol–water partition coefficient (Wildman–Crippen LogP) is 3.00. The van der Waals surface area contributed by atoms with Gasteiger partial charge in [0.05, 0.1) is 12.6 Å². The highest BCUT2D eigenvalue weighted by molar-refractivity contribution is 5.94. The Hall–Kier alpha value is -3.34. The molecule has 0 saturated carbocycles. The quantitative estimate of drug-likeness (QED) is 0.498. The third-order valence-corrected chi connectivity index (χ3v) is 7.08. The number of aromatic nitrogens is 1. The van der Waals surface area contributed by atoms with Gasteiger partial charge in [0.2, 0.25) is 0 Å². The van der Waals surface area contributed by atoms with Crippen molar-refractivity contribution in [2.45, 2.75) is 32.0 Å². The van der Waals surface area contributed by atoms with Crippen LogP contribution in [0.1, 0.15) is 24.8 Å². The lowest BCUT2D eigenvalue weighted by Crippen LogP contribution is -2.42. The summed E-state index contributed by atoms with van der Waals surface area (Å²) in [7, 11) is 7.52. The van der Waals surface area contributed by atoms with E-state index in [1.807, 2.05) is 61.6 Å². The summed E-state index contributed by atoms with van der Waals surface area (Å²) >= 11 is 0. The Morgan fingerprint density at radius 1 is 1.21 bits per heavy atom. The fourth-order valence-corrected chi connectivity index (χ4v) is 4.88. The van der Waals surface area contributed by atoms with Crippen LogP contribution in [0.3, 0.4) is 0 Å². The van der Waals surface area contributed by atoms with E-state index in [0.717, 1.165) is 35.0 Å². The minimum atomic E-state index is -1.08. The van der Waals surface area contributed by atoms with Gasteiger partial charge in [-0.05, 0) is 69.7 Å². The third-order valence-electron chi connectivity index (χ3n) is 7.08. The number of methoxy groups -OCH3 is 1. The zero-order chi connectivity index (χ0) is 27.2. The van der Waals surface area contributed by atoms with Crippen LogP contribution in [-0.2, 0) is 20.7 Å². The number of likely N-dealkylation sites (N-methyl/N-ethyl adjacent to an activating group) is 1. The third kappa shape index (κ3) is 6.56. The number of carbonyl (C=O) groups is 2. The van der Waals surface area contributed by atoms with Crippen molar-refractivity contribution >= 4 is 22.9 Å². The molecule has 2 aliphatic rings. The summed E-state index contributed by atoms with van der Waals surface area (Å²) in [6, 6.07) is 5.55. The topological polar surface area (TPSA) is 96.7 Å². The SMILES string of the molecule is COc1ccc2c(c1)c(CCN(C)C)cn2C(=O)OCOC(O)C1CCN(C(=O)C2=CN(C)C=CC2)CC1. The molecule has 206 valence electrons. The molecule has 0 aliphatic carbocycles. The number of hydrogen-bond donors (Lipinski definition) is 1. The number of aliphatic hydroxyl groups excluding tert-OH is 1. The molecule has 38 heavy (non-hydrogen) atoms. The van der Waals surface area contributed by atoms with Gasteiger partial charge < -0.3 is 34.0 Å². The van der Waals surface area contributed by atoms with E-state index in [2.05, 4.69) is 4.90 Å². The van der Waals surface area contributed by atoms with Crippen LogP contribution >= 0.6 is 0 Å². The summed E-state index contributed by atoms with van der Waals surface area (Å²) in [5, 5.41) is 11.5. The monoisotopic (exact) mass is 526 g/mol. The summed E-state index contributed by atoms with van der Waals surface area (Å²) in [4.78, 5) is 31.5. The summed E-state index contributed by atoms with van der Waals surface area (Å²) in [5.41, 5.74) is 2.49. The van der Waals surface area contributed by atoms with Gasteiger partial charge in [-0.15, -0.1) is 0 Å². The highest BCUT2D eigenvalue weighted by atomic mass is 16.7. The number of piperidine rings is 1.